The molecule has 0 fully saturated rings. The Morgan fingerprint density at radius 1 is 1.33 bits per heavy atom. The molecule has 0 unspecified atom stereocenters. The van der Waals surface area contributed by atoms with E-state index in [1.807, 2.05) is 0 Å². The fourth-order valence-corrected chi connectivity index (χ4v) is 4.26. The third kappa shape index (κ3) is 4.56. The number of nitrogens with one attached hydrogen (secondary N) is 1. The summed E-state index contributed by atoms with van der Waals surface area (Å²) >= 11 is 1.44. The molecule has 0 bridgehead atoms. The number of carboxylic acids is 1. The van der Waals surface area contributed by atoms with Gasteiger partial charge in [0.1, 0.15) is 5.00 Å². The van der Waals surface area contributed by atoms with Crippen LogP contribution in [0.15, 0.2) is 0 Å². The normalized spacial score (nSPS) is 16.3. The zero-order valence-electron chi connectivity index (χ0n) is 14.0. The molecule has 2 N–H and O–H groups in total. The van der Waals surface area contributed by atoms with Crippen LogP contribution in [0, 0.1) is 5.92 Å². The lowest BCUT2D eigenvalue weighted by molar-refractivity contribution is -0.137. The molecule has 6 nitrogen and oxygen atoms in total. The molecule has 0 saturated heterocycles. The van der Waals surface area contributed by atoms with E-state index >= 15 is 0 Å². The Labute approximate surface area is 145 Å². The monoisotopic (exact) mass is 353 g/mol. The largest absolute Gasteiger partial charge is 0.481 e. The SMILES string of the molecule is CCOC(=O)c1c(NC(=O)CCCC(=O)O)sc2c1CC[C@H](C)C2. The van der Waals surface area contributed by atoms with Crippen molar-refractivity contribution in [3.63, 3.8) is 0 Å². The fourth-order valence-electron chi connectivity index (χ4n) is 2.85. The quantitative estimate of drug-likeness (QED) is 0.734. The molecule has 1 aromatic rings. The van der Waals surface area contributed by atoms with E-state index in [-0.39, 0.29) is 31.8 Å². The Hall–Kier alpha value is -1.89. The first-order chi connectivity index (χ1) is 11.4. The van der Waals surface area contributed by atoms with Crippen molar-refractivity contribution in [2.75, 3.05) is 11.9 Å². The summed E-state index contributed by atoms with van der Waals surface area (Å²) in [6.07, 6.45) is 3.08. The first kappa shape index (κ1) is 18.4. The number of carboxylic acid groups (broad SMARTS) is 1. The van der Waals surface area contributed by atoms with Crippen LogP contribution in [0.25, 0.3) is 0 Å². The molecule has 132 valence electrons. The summed E-state index contributed by atoms with van der Waals surface area (Å²) in [7, 11) is 0. The van der Waals surface area contributed by atoms with Gasteiger partial charge >= 0.3 is 11.9 Å². The van der Waals surface area contributed by atoms with Crippen molar-refractivity contribution in [3.05, 3.63) is 16.0 Å². The van der Waals surface area contributed by atoms with Crippen LogP contribution in [-0.2, 0) is 27.2 Å². The molecule has 1 aliphatic rings. The number of carbonyl (C=O) groups excluding carboxylic acids is 2. The number of carbonyl (C=O) groups is 3. The van der Waals surface area contributed by atoms with Crippen LogP contribution in [-0.4, -0.2) is 29.6 Å². The van der Waals surface area contributed by atoms with E-state index < -0.39 is 11.9 Å². The van der Waals surface area contributed by atoms with E-state index in [2.05, 4.69) is 12.2 Å². The Morgan fingerprint density at radius 2 is 2.08 bits per heavy atom. The van der Waals surface area contributed by atoms with Gasteiger partial charge in [0, 0.05) is 17.7 Å². The lowest BCUT2D eigenvalue weighted by atomic mass is 9.88. The number of hydrogen-bond donors (Lipinski definition) is 2. The standard InChI is InChI=1S/C17H23NO5S/c1-3-23-17(22)15-11-8-7-10(2)9-12(11)24-16(15)18-13(19)5-4-6-14(20)21/h10H,3-9H2,1-2H3,(H,18,19)(H,20,21)/t10-/m0/s1. The van der Waals surface area contributed by atoms with Gasteiger partial charge in [-0.05, 0) is 44.1 Å². The van der Waals surface area contributed by atoms with Gasteiger partial charge in [-0.25, -0.2) is 4.79 Å². The van der Waals surface area contributed by atoms with Gasteiger partial charge < -0.3 is 15.2 Å². The molecule has 0 aliphatic heterocycles. The molecule has 2 rings (SSSR count). The molecule has 1 heterocycles. The second-order valence-corrected chi connectivity index (χ2v) is 7.18. The molecule has 0 radical (unpaired) electrons. The van der Waals surface area contributed by atoms with E-state index in [9.17, 15) is 14.4 Å². The fraction of sp³-hybridized carbons (Fsp3) is 0.588. The minimum atomic E-state index is -0.921. The highest BCUT2D eigenvalue weighted by Gasteiger charge is 2.29. The Kier molecular flexibility index (Phi) is 6.36. The van der Waals surface area contributed by atoms with E-state index in [0.29, 0.717) is 16.5 Å². The third-order valence-electron chi connectivity index (χ3n) is 4.04. The van der Waals surface area contributed by atoms with Crippen LogP contribution in [0.5, 0.6) is 0 Å². The van der Waals surface area contributed by atoms with Crippen LogP contribution in [0.2, 0.25) is 0 Å². The molecule has 24 heavy (non-hydrogen) atoms. The Balaban J connectivity index is 2.17. The molecule has 1 aliphatic carbocycles. The summed E-state index contributed by atoms with van der Waals surface area (Å²) in [6.45, 7) is 4.21. The van der Waals surface area contributed by atoms with Crippen molar-refractivity contribution < 1.29 is 24.2 Å². The van der Waals surface area contributed by atoms with Crippen LogP contribution in [0.3, 0.4) is 0 Å². The number of rotatable bonds is 7. The summed E-state index contributed by atoms with van der Waals surface area (Å²) in [6, 6.07) is 0. The van der Waals surface area contributed by atoms with Crippen LogP contribution < -0.4 is 5.32 Å². The maximum atomic E-state index is 12.3. The van der Waals surface area contributed by atoms with E-state index in [1.165, 1.54) is 11.3 Å². The topological polar surface area (TPSA) is 92.7 Å². The van der Waals surface area contributed by atoms with Gasteiger partial charge in [0.25, 0.3) is 0 Å². The maximum absolute atomic E-state index is 12.3. The van der Waals surface area contributed by atoms with Crippen molar-refractivity contribution in [1.29, 1.82) is 0 Å². The molecule has 1 atom stereocenters. The highest BCUT2D eigenvalue weighted by Crippen LogP contribution is 2.40. The predicted molar refractivity (Wildman–Crippen MR) is 91.6 cm³/mol. The number of thiophene rings is 1. The Morgan fingerprint density at radius 3 is 2.75 bits per heavy atom. The van der Waals surface area contributed by atoms with Crippen molar-refractivity contribution >= 4 is 34.2 Å². The molecule has 0 spiro atoms. The third-order valence-corrected chi connectivity index (χ3v) is 5.21. The summed E-state index contributed by atoms with van der Waals surface area (Å²) in [5.41, 5.74) is 1.48. The summed E-state index contributed by atoms with van der Waals surface area (Å²) < 4.78 is 5.15. The first-order valence-corrected chi connectivity index (χ1v) is 9.07. The molecule has 1 aromatic heterocycles. The number of hydrogen-bond acceptors (Lipinski definition) is 5. The lowest BCUT2D eigenvalue weighted by Crippen LogP contribution is -2.16. The van der Waals surface area contributed by atoms with Crippen molar-refractivity contribution in [2.24, 2.45) is 5.92 Å². The van der Waals surface area contributed by atoms with Crippen molar-refractivity contribution in [3.8, 4) is 0 Å². The molecule has 0 aromatic carbocycles. The highest BCUT2D eigenvalue weighted by atomic mass is 32.1. The van der Waals surface area contributed by atoms with Crippen LogP contribution in [0.1, 0.15) is 60.3 Å². The number of ether oxygens (including phenoxy) is 1. The highest BCUT2D eigenvalue weighted by molar-refractivity contribution is 7.17. The average molecular weight is 353 g/mol. The summed E-state index contributed by atoms with van der Waals surface area (Å²) in [4.78, 5) is 36.0. The van der Waals surface area contributed by atoms with Gasteiger partial charge in [0.15, 0.2) is 0 Å². The number of aliphatic carboxylic acids is 1. The average Bonchev–Trinajstić information content (AvgIpc) is 2.83. The smallest absolute Gasteiger partial charge is 0.341 e. The summed E-state index contributed by atoms with van der Waals surface area (Å²) in [5.74, 6) is -1.03. The zero-order valence-corrected chi connectivity index (χ0v) is 14.8. The first-order valence-electron chi connectivity index (χ1n) is 8.25. The second-order valence-electron chi connectivity index (χ2n) is 6.07. The van der Waals surface area contributed by atoms with Crippen molar-refractivity contribution in [2.45, 2.75) is 52.4 Å². The van der Waals surface area contributed by atoms with Gasteiger partial charge in [-0.1, -0.05) is 6.92 Å². The van der Waals surface area contributed by atoms with Crippen LogP contribution >= 0.6 is 11.3 Å². The summed E-state index contributed by atoms with van der Waals surface area (Å²) in [5, 5.41) is 12.0. The minimum absolute atomic E-state index is 0.0450. The van der Waals surface area contributed by atoms with Gasteiger partial charge in [0.2, 0.25) is 5.91 Å². The van der Waals surface area contributed by atoms with Gasteiger partial charge in [-0.2, -0.15) is 0 Å². The molecule has 1 amide bonds. The lowest BCUT2D eigenvalue weighted by Gasteiger charge is -2.18. The van der Waals surface area contributed by atoms with Gasteiger partial charge in [-0.15, -0.1) is 11.3 Å². The van der Waals surface area contributed by atoms with E-state index in [0.717, 1.165) is 29.7 Å². The number of esters is 1. The molecule has 7 heteroatoms. The number of fused-ring (bicyclic) bond motifs is 1. The van der Waals surface area contributed by atoms with E-state index in [1.54, 1.807) is 6.92 Å². The molecule has 0 saturated carbocycles. The van der Waals surface area contributed by atoms with Gasteiger partial charge in [-0.3, -0.25) is 9.59 Å². The number of amides is 1. The van der Waals surface area contributed by atoms with Crippen LogP contribution in [0.4, 0.5) is 5.00 Å². The predicted octanol–water partition coefficient (Wildman–Crippen LogP) is 3.24. The maximum Gasteiger partial charge on any atom is 0.341 e. The van der Waals surface area contributed by atoms with E-state index in [4.69, 9.17) is 9.84 Å². The molecular formula is C17H23NO5S. The number of anilines is 1. The Bertz CT molecular complexity index is 637. The second kappa shape index (κ2) is 8.28. The zero-order chi connectivity index (χ0) is 17.7. The van der Waals surface area contributed by atoms with Gasteiger partial charge in [0.05, 0.1) is 12.2 Å². The molecular weight excluding hydrogens is 330 g/mol. The minimum Gasteiger partial charge on any atom is -0.481 e. The van der Waals surface area contributed by atoms with Crippen molar-refractivity contribution in [1.82, 2.24) is 0 Å².